The molecule has 0 amide bonds. The summed E-state index contributed by atoms with van der Waals surface area (Å²) in [5.74, 6) is 1.00. The van der Waals surface area contributed by atoms with Gasteiger partial charge < -0.3 is 13.9 Å². The largest absolute Gasteiger partial charge is 0.468 e. The Bertz CT molecular complexity index is 559. The Morgan fingerprint density at radius 3 is 2.87 bits per heavy atom. The minimum atomic E-state index is 0.230. The van der Waals surface area contributed by atoms with Crippen LogP contribution in [0.4, 0.5) is 0 Å². The molecule has 0 saturated carbocycles. The van der Waals surface area contributed by atoms with Crippen LogP contribution in [0.25, 0.3) is 0 Å². The van der Waals surface area contributed by atoms with E-state index in [2.05, 4.69) is 22.0 Å². The van der Waals surface area contributed by atoms with Gasteiger partial charge in [-0.25, -0.2) is 0 Å². The Labute approximate surface area is 137 Å². The maximum atomic E-state index is 6.06. The molecule has 2 aromatic rings. The van der Waals surface area contributed by atoms with Crippen molar-refractivity contribution in [3.05, 3.63) is 54.2 Å². The maximum Gasteiger partial charge on any atom is 0.117 e. The standard InChI is InChI=1S/C18H24N2O3/c1-21-11-12-23-18-6-9-20(14-16-3-2-10-22-16)17(18)13-15-4-7-19-8-5-15/h2-5,7-8,10,17-18H,6,9,11-14H2,1H3/t17-,18+/m0/s1. The van der Waals surface area contributed by atoms with Crippen LogP contribution in [0, 0.1) is 0 Å². The third kappa shape index (κ3) is 4.41. The lowest BCUT2D eigenvalue weighted by Gasteiger charge is -2.27. The van der Waals surface area contributed by atoms with E-state index in [1.165, 1.54) is 5.56 Å². The minimum absolute atomic E-state index is 0.230. The van der Waals surface area contributed by atoms with E-state index in [0.717, 1.165) is 31.7 Å². The van der Waals surface area contributed by atoms with Gasteiger partial charge in [-0.05, 0) is 42.7 Å². The molecule has 0 bridgehead atoms. The van der Waals surface area contributed by atoms with Crippen molar-refractivity contribution >= 4 is 0 Å². The molecule has 1 saturated heterocycles. The highest BCUT2D eigenvalue weighted by atomic mass is 16.5. The van der Waals surface area contributed by atoms with Crippen molar-refractivity contribution in [1.82, 2.24) is 9.88 Å². The Morgan fingerprint density at radius 1 is 1.26 bits per heavy atom. The smallest absolute Gasteiger partial charge is 0.117 e. The molecule has 5 nitrogen and oxygen atoms in total. The number of pyridine rings is 1. The van der Waals surface area contributed by atoms with Crippen molar-refractivity contribution in [2.24, 2.45) is 0 Å². The van der Waals surface area contributed by atoms with Crippen LogP contribution in [-0.4, -0.2) is 48.9 Å². The van der Waals surface area contributed by atoms with Gasteiger partial charge >= 0.3 is 0 Å². The summed E-state index contributed by atoms with van der Waals surface area (Å²) >= 11 is 0. The molecule has 2 atom stereocenters. The second-order valence-corrected chi connectivity index (χ2v) is 5.87. The highest BCUT2D eigenvalue weighted by molar-refractivity contribution is 5.13. The zero-order valence-electron chi connectivity index (χ0n) is 13.6. The van der Waals surface area contributed by atoms with E-state index < -0.39 is 0 Å². The second-order valence-electron chi connectivity index (χ2n) is 5.87. The van der Waals surface area contributed by atoms with Crippen LogP contribution < -0.4 is 0 Å². The van der Waals surface area contributed by atoms with Crippen molar-refractivity contribution in [3.63, 3.8) is 0 Å². The third-order valence-corrected chi connectivity index (χ3v) is 4.35. The summed E-state index contributed by atoms with van der Waals surface area (Å²) in [7, 11) is 1.70. The van der Waals surface area contributed by atoms with Gasteiger partial charge in [0.05, 0.1) is 32.1 Å². The zero-order chi connectivity index (χ0) is 15.9. The van der Waals surface area contributed by atoms with E-state index in [1.54, 1.807) is 13.4 Å². The van der Waals surface area contributed by atoms with Crippen molar-refractivity contribution in [3.8, 4) is 0 Å². The van der Waals surface area contributed by atoms with Gasteiger partial charge in [-0.1, -0.05) is 0 Å². The van der Waals surface area contributed by atoms with Gasteiger partial charge in [-0.3, -0.25) is 9.88 Å². The Kier molecular flexibility index (Phi) is 5.80. The number of hydrogen-bond acceptors (Lipinski definition) is 5. The molecule has 3 heterocycles. The molecule has 0 aliphatic carbocycles. The number of rotatable bonds is 8. The normalized spacial score (nSPS) is 21.8. The number of hydrogen-bond donors (Lipinski definition) is 0. The Morgan fingerprint density at radius 2 is 2.13 bits per heavy atom. The molecule has 23 heavy (non-hydrogen) atoms. The monoisotopic (exact) mass is 316 g/mol. The average Bonchev–Trinajstić information content (AvgIpc) is 3.21. The average molecular weight is 316 g/mol. The van der Waals surface area contributed by atoms with E-state index in [-0.39, 0.29) is 6.10 Å². The minimum Gasteiger partial charge on any atom is -0.468 e. The molecular formula is C18H24N2O3. The van der Waals surface area contributed by atoms with Gasteiger partial charge in [0.1, 0.15) is 5.76 Å². The van der Waals surface area contributed by atoms with E-state index in [1.807, 2.05) is 24.5 Å². The topological polar surface area (TPSA) is 47.7 Å². The number of likely N-dealkylation sites (tertiary alicyclic amines) is 1. The SMILES string of the molecule is COCCO[C@@H]1CCN(Cc2ccco2)[C@H]1Cc1ccncc1. The molecule has 5 heteroatoms. The van der Waals surface area contributed by atoms with Crippen LogP contribution in [0.3, 0.4) is 0 Å². The zero-order valence-corrected chi connectivity index (χ0v) is 13.6. The van der Waals surface area contributed by atoms with Crippen LogP contribution in [0.15, 0.2) is 47.3 Å². The molecule has 1 aliphatic heterocycles. The molecule has 1 aliphatic rings. The van der Waals surface area contributed by atoms with Gasteiger partial charge in [-0.2, -0.15) is 0 Å². The van der Waals surface area contributed by atoms with E-state index in [0.29, 0.717) is 19.3 Å². The molecule has 0 aromatic carbocycles. The van der Waals surface area contributed by atoms with Crippen LogP contribution >= 0.6 is 0 Å². The summed E-state index contributed by atoms with van der Waals surface area (Å²) in [6, 6.07) is 8.48. The van der Waals surface area contributed by atoms with Gasteiger partial charge in [0, 0.05) is 32.1 Å². The highest BCUT2D eigenvalue weighted by Gasteiger charge is 2.35. The summed E-state index contributed by atoms with van der Waals surface area (Å²) in [6.45, 7) is 3.13. The van der Waals surface area contributed by atoms with Gasteiger partial charge in [0.2, 0.25) is 0 Å². The fourth-order valence-electron chi connectivity index (χ4n) is 3.18. The number of ether oxygens (including phenoxy) is 2. The van der Waals surface area contributed by atoms with E-state index in [9.17, 15) is 0 Å². The number of nitrogens with zero attached hydrogens (tertiary/aromatic N) is 2. The molecule has 3 rings (SSSR count). The highest BCUT2D eigenvalue weighted by Crippen LogP contribution is 2.26. The molecule has 0 unspecified atom stereocenters. The lowest BCUT2D eigenvalue weighted by molar-refractivity contribution is -0.00192. The second kappa shape index (κ2) is 8.24. The van der Waals surface area contributed by atoms with E-state index >= 15 is 0 Å². The fourth-order valence-corrected chi connectivity index (χ4v) is 3.18. The Hall–Kier alpha value is -1.69. The molecule has 2 aromatic heterocycles. The first-order valence-electron chi connectivity index (χ1n) is 8.12. The lowest BCUT2D eigenvalue weighted by Crippen LogP contribution is -2.38. The van der Waals surface area contributed by atoms with Crippen LogP contribution in [-0.2, 0) is 22.4 Å². The summed E-state index contributed by atoms with van der Waals surface area (Å²) in [6.07, 6.45) is 7.66. The summed E-state index contributed by atoms with van der Waals surface area (Å²) in [5.41, 5.74) is 1.29. The van der Waals surface area contributed by atoms with E-state index in [4.69, 9.17) is 13.9 Å². The molecule has 0 N–H and O–H groups in total. The molecule has 1 fully saturated rings. The van der Waals surface area contributed by atoms with Gasteiger partial charge in [0.15, 0.2) is 0 Å². The molecular weight excluding hydrogens is 292 g/mol. The predicted molar refractivity (Wildman–Crippen MR) is 87.1 cm³/mol. The fraction of sp³-hybridized carbons (Fsp3) is 0.500. The number of methoxy groups -OCH3 is 1. The number of aromatic nitrogens is 1. The summed E-state index contributed by atoms with van der Waals surface area (Å²) in [5, 5.41) is 0. The summed E-state index contributed by atoms with van der Waals surface area (Å²) < 4.78 is 16.7. The first kappa shape index (κ1) is 16.2. The molecule has 124 valence electrons. The maximum absolute atomic E-state index is 6.06. The number of furan rings is 1. The van der Waals surface area contributed by atoms with Crippen molar-refractivity contribution in [2.45, 2.75) is 31.5 Å². The van der Waals surface area contributed by atoms with Gasteiger partial charge in [-0.15, -0.1) is 0 Å². The van der Waals surface area contributed by atoms with Crippen LogP contribution in [0.2, 0.25) is 0 Å². The molecule has 0 radical (unpaired) electrons. The predicted octanol–water partition coefficient (Wildman–Crippen LogP) is 2.52. The first-order valence-corrected chi connectivity index (χ1v) is 8.12. The van der Waals surface area contributed by atoms with Crippen molar-refractivity contribution in [1.29, 1.82) is 0 Å². The lowest BCUT2D eigenvalue weighted by atomic mass is 10.0. The van der Waals surface area contributed by atoms with Crippen LogP contribution in [0.1, 0.15) is 17.7 Å². The van der Waals surface area contributed by atoms with Gasteiger partial charge in [0.25, 0.3) is 0 Å². The third-order valence-electron chi connectivity index (χ3n) is 4.35. The first-order chi connectivity index (χ1) is 11.4. The van der Waals surface area contributed by atoms with Crippen molar-refractivity contribution in [2.75, 3.05) is 26.9 Å². The Balaban J connectivity index is 1.67. The molecule has 0 spiro atoms. The quantitative estimate of drug-likeness (QED) is 0.700. The van der Waals surface area contributed by atoms with Crippen molar-refractivity contribution < 1.29 is 13.9 Å². The van der Waals surface area contributed by atoms with Crippen LogP contribution in [0.5, 0.6) is 0 Å². The summed E-state index contributed by atoms with van der Waals surface area (Å²) in [4.78, 5) is 6.56.